The second-order valence-electron chi connectivity index (χ2n) is 6.57. The lowest BCUT2D eigenvalue weighted by molar-refractivity contribution is 0.528. The van der Waals surface area contributed by atoms with E-state index in [0.29, 0.717) is 0 Å². The molecule has 0 fully saturated rings. The summed E-state index contributed by atoms with van der Waals surface area (Å²) in [6.07, 6.45) is 0.817. The van der Waals surface area contributed by atoms with Crippen LogP contribution in [0.25, 0.3) is 0 Å². The first-order valence-corrected chi connectivity index (χ1v) is 8.84. The van der Waals surface area contributed by atoms with Crippen LogP contribution in [0.2, 0.25) is 10.1 Å². The highest BCUT2D eigenvalue weighted by atomic mass is 79.9. The molecule has 18 heavy (non-hydrogen) atoms. The van der Waals surface area contributed by atoms with E-state index in [1.807, 2.05) is 20.8 Å². The van der Waals surface area contributed by atoms with E-state index in [1.165, 1.54) is 11.1 Å². The molecular weight excluding hydrogens is 307 g/mol. The zero-order chi connectivity index (χ0) is 14.0. The van der Waals surface area contributed by atoms with E-state index in [0.717, 1.165) is 11.8 Å². The maximum absolute atomic E-state index is 14.6. The molecule has 1 aromatic carbocycles. The summed E-state index contributed by atoms with van der Waals surface area (Å²) in [5, 5.41) is 0.430. The summed E-state index contributed by atoms with van der Waals surface area (Å²) in [5.74, 6) is 0. The minimum absolute atomic E-state index is 0.204. The Morgan fingerprint density at radius 3 is 1.83 bits per heavy atom. The minimum atomic E-state index is -1.90. The average Bonchev–Trinajstić information content (AvgIpc) is 2.27. The largest absolute Gasteiger partial charge is 0.313 e. The third kappa shape index (κ3) is 4.20. The second kappa shape index (κ2) is 5.87. The summed E-state index contributed by atoms with van der Waals surface area (Å²) in [6, 6.07) is 8.47. The number of halogens is 2. The van der Waals surface area contributed by atoms with Crippen LogP contribution in [0.5, 0.6) is 0 Å². The molecule has 0 aliphatic carbocycles. The third-order valence-electron chi connectivity index (χ3n) is 3.08. The maximum Gasteiger partial charge on any atom is 0.282 e. The summed E-state index contributed by atoms with van der Waals surface area (Å²) >= 11 is 3.44. The van der Waals surface area contributed by atoms with E-state index in [2.05, 4.69) is 54.0 Å². The Labute approximate surface area is 121 Å². The van der Waals surface area contributed by atoms with Crippen molar-refractivity contribution in [3.63, 3.8) is 0 Å². The van der Waals surface area contributed by atoms with Crippen LogP contribution in [0.3, 0.4) is 0 Å². The van der Waals surface area contributed by atoms with E-state index in [-0.39, 0.29) is 10.1 Å². The van der Waals surface area contributed by atoms with E-state index >= 15 is 0 Å². The summed E-state index contributed by atoms with van der Waals surface area (Å²) in [7, 11) is -1.90. The van der Waals surface area contributed by atoms with Crippen molar-refractivity contribution in [3.8, 4) is 0 Å². The highest BCUT2D eigenvalue weighted by Gasteiger charge is 2.42. The first-order valence-electron chi connectivity index (χ1n) is 6.34. The molecule has 0 unspecified atom stereocenters. The lowest BCUT2D eigenvalue weighted by atomic mass is 10.0. The van der Waals surface area contributed by atoms with Gasteiger partial charge in [0.2, 0.25) is 0 Å². The average molecular weight is 330 g/mol. The summed E-state index contributed by atoms with van der Waals surface area (Å²) < 4.78 is 14.6. The predicted octanol–water partition coefficient (Wildman–Crippen LogP) is 5.67. The van der Waals surface area contributed by atoms with Crippen LogP contribution < -0.4 is 0 Å². The molecule has 101 valence electrons. The number of rotatable bonds is 4. The molecular formula is C15H23BrFSi. The van der Waals surface area contributed by atoms with Gasteiger partial charge in [-0.1, -0.05) is 74.8 Å². The highest BCUT2D eigenvalue weighted by molar-refractivity contribution is 9.08. The van der Waals surface area contributed by atoms with E-state index in [4.69, 9.17) is 0 Å². The predicted molar refractivity (Wildman–Crippen MR) is 83.4 cm³/mol. The third-order valence-corrected chi connectivity index (χ3v) is 6.41. The van der Waals surface area contributed by atoms with Gasteiger partial charge >= 0.3 is 0 Å². The van der Waals surface area contributed by atoms with Gasteiger partial charge < -0.3 is 4.11 Å². The Morgan fingerprint density at radius 2 is 1.44 bits per heavy atom. The number of hydrogen-bond donors (Lipinski definition) is 0. The monoisotopic (exact) mass is 329 g/mol. The first kappa shape index (κ1) is 15.9. The molecule has 0 heterocycles. The Morgan fingerprint density at radius 1 is 1.00 bits per heavy atom. The zero-order valence-electron chi connectivity index (χ0n) is 12.0. The Kier molecular flexibility index (Phi) is 5.19. The van der Waals surface area contributed by atoms with Crippen LogP contribution in [0.1, 0.15) is 45.7 Å². The zero-order valence-corrected chi connectivity index (χ0v) is 14.6. The van der Waals surface area contributed by atoms with E-state index in [9.17, 15) is 4.11 Å². The fourth-order valence-corrected chi connectivity index (χ4v) is 5.11. The number of alkyl halides is 1. The maximum atomic E-state index is 14.6. The van der Waals surface area contributed by atoms with Crippen molar-refractivity contribution < 1.29 is 4.11 Å². The topological polar surface area (TPSA) is 0 Å². The molecule has 0 saturated carbocycles. The fourth-order valence-electron chi connectivity index (χ4n) is 2.35. The molecule has 0 aliphatic rings. The van der Waals surface area contributed by atoms with Gasteiger partial charge in [-0.25, -0.2) is 0 Å². The Bertz CT molecular complexity index is 378. The SMILES string of the molecule is CC(C)(C)[Si](F)C(C)(C)Cc1ccc(CBr)cc1. The summed E-state index contributed by atoms with van der Waals surface area (Å²) in [5.41, 5.74) is 2.49. The quantitative estimate of drug-likeness (QED) is 0.379. The van der Waals surface area contributed by atoms with E-state index in [1.54, 1.807) is 0 Å². The van der Waals surface area contributed by atoms with Crippen LogP contribution in [0.4, 0.5) is 4.11 Å². The van der Waals surface area contributed by atoms with E-state index < -0.39 is 9.13 Å². The van der Waals surface area contributed by atoms with Crippen molar-refractivity contribution in [1.82, 2.24) is 0 Å². The molecule has 3 heteroatoms. The molecule has 0 bridgehead atoms. The number of hydrogen-bond acceptors (Lipinski definition) is 0. The van der Waals surface area contributed by atoms with Gasteiger partial charge in [0.1, 0.15) is 0 Å². The van der Waals surface area contributed by atoms with Gasteiger partial charge in [-0.05, 0) is 27.6 Å². The Balaban J connectivity index is 2.81. The molecule has 1 radical (unpaired) electrons. The smallest absolute Gasteiger partial charge is 0.282 e. The minimum Gasteiger partial charge on any atom is -0.313 e. The van der Waals surface area contributed by atoms with Gasteiger partial charge in [0, 0.05) is 5.33 Å². The van der Waals surface area contributed by atoms with Crippen molar-refractivity contribution in [1.29, 1.82) is 0 Å². The van der Waals surface area contributed by atoms with Gasteiger partial charge in [-0.3, -0.25) is 0 Å². The molecule has 0 aromatic heterocycles. The normalized spacial score (nSPS) is 13.1. The van der Waals surface area contributed by atoms with Crippen LogP contribution >= 0.6 is 15.9 Å². The highest BCUT2D eigenvalue weighted by Crippen LogP contribution is 2.45. The molecule has 0 spiro atoms. The molecule has 0 atom stereocenters. The molecule has 0 N–H and O–H groups in total. The molecule has 0 amide bonds. The van der Waals surface area contributed by atoms with Gasteiger partial charge in [0.15, 0.2) is 0 Å². The Hall–Kier alpha value is -0.153. The standard InChI is InChI=1S/C15H23BrFSi/c1-14(2,3)18(17)15(4,5)10-12-6-8-13(11-16)9-7-12/h6-9H,10-11H2,1-5H3. The van der Waals surface area contributed by atoms with Gasteiger partial charge in [-0.15, -0.1) is 0 Å². The van der Waals surface area contributed by atoms with Crippen LogP contribution in [-0.4, -0.2) is 9.13 Å². The van der Waals surface area contributed by atoms with Gasteiger partial charge in [0.25, 0.3) is 9.13 Å². The molecule has 0 nitrogen and oxygen atoms in total. The summed E-state index contributed by atoms with van der Waals surface area (Å²) in [6.45, 7) is 10.2. The fraction of sp³-hybridized carbons (Fsp3) is 0.600. The second-order valence-corrected chi connectivity index (χ2v) is 10.6. The lowest BCUT2D eigenvalue weighted by Crippen LogP contribution is -2.34. The van der Waals surface area contributed by atoms with Crippen LogP contribution in [0, 0.1) is 0 Å². The molecule has 0 aliphatic heterocycles. The van der Waals surface area contributed by atoms with Crippen molar-refractivity contribution in [2.75, 3.05) is 0 Å². The van der Waals surface area contributed by atoms with Crippen molar-refractivity contribution >= 4 is 25.1 Å². The lowest BCUT2D eigenvalue weighted by Gasteiger charge is -2.34. The van der Waals surface area contributed by atoms with Crippen molar-refractivity contribution in [2.45, 2.75) is 56.4 Å². The van der Waals surface area contributed by atoms with Gasteiger partial charge in [0.05, 0.1) is 0 Å². The number of benzene rings is 1. The van der Waals surface area contributed by atoms with Crippen molar-refractivity contribution in [2.24, 2.45) is 0 Å². The first-order chi connectivity index (χ1) is 8.16. The van der Waals surface area contributed by atoms with Gasteiger partial charge in [-0.2, -0.15) is 0 Å². The van der Waals surface area contributed by atoms with Crippen LogP contribution in [0.15, 0.2) is 24.3 Å². The summed E-state index contributed by atoms with van der Waals surface area (Å²) in [4.78, 5) is 0. The van der Waals surface area contributed by atoms with Crippen LogP contribution in [-0.2, 0) is 11.8 Å². The van der Waals surface area contributed by atoms with Crippen molar-refractivity contribution in [3.05, 3.63) is 35.4 Å². The molecule has 0 saturated heterocycles. The molecule has 1 rings (SSSR count). The molecule has 1 aromatic rings.